The highest BCUT2D eigenvalue weighted by atomic mass is 31.1. The molecule has 0 aromatic heterocycles. The minimum absolute atomic E-state index is 0.00330. The molecule has 2 N–H and O–H groups in total. The molecule has 2 heterocycles. The molecule has 18 heavy (non-hydrogen) atoms. The number of aliphatic hydroxyl groups is 1. The molecule has 0 aromatic carbocycles. The number of carbonyl (C=O) groups is 1. The first-order valence-electron chi connectivity index (χ1n) is 6.15. The average Bonchev–Trinajstić information content (AvgIpc) is 2.70. The second-order valence-corrected chi connectivity index (χ2v) is 7.68. The van der Waals surface area contributed by atoms with E-state index >= 15 is 0 Å². The van der Waals surface area contributed by atoms with Crippen LogP contribution in [0.3, 0.4) is 0 Å². The van der Waals surface area contributed by atoms with Crippen LogP contribution in [0.1, 0.15) is 12.8 Å². The number of amides is 2. The van der Waals surface area contributed by atoms with E-state index < -0.39 is 0 Å². The Morgan fingerprint density at radius 1 is 1.72 bits per heavy atom. The summed E-state index contributed by atoms with van der Waals surface area (Å²) in [6, 6.07) is -0.0370. The first-order chi connectivity index (χ1) is 8.59. The van der Waals surface area contributed by atoms with Crippen LogP contribution in [0.2, 0.25) is 0 Å². The Kier molecular flexibility index (Phi) is 4.53. The van der Waals surface area contributed by atoms with Gasteiger partial charge in [-0.1, -0.05) is 0 Å². The van der Waals surface area contributed by atoms with E-state index in [9.17, 15) is 9.90 Å². The van der Waals surface area contributed by atoms with E-state index in [4.69, 9.17) is 10.9 Å². The summed E-state index contributed by atoms with van der Waals surface area (Å²) in [6.07, 6.45) is 7.23. The zero-order valence-corrected chi connectivity index (χ0v) is 12.4. The van der Waals surface area contributed by atoms with Gasteiger partial charge in [0.15, 0.2) is 0 Å². The fourth-order valence-corrected chi connectivity index (χ4v) is 3.57. The quantitative estimate of drug-likeness (QED) is 0.739. The number of carbonyl (C=O) groups excluding carboxylic acids is 1. The van der Waals surface area contributed by atoms with Crippen LogP contribution in [-0.4, -0.2) is 59.4 Å². The standard InChI is InChI=1S/C11H20N2O3P2/c1-18-11(17)5-8(7-14)16-9(11)6-13-4-2-3-12-10(13)15/h1,8-9,14,18H,2-7,17H2,(H,12,15)/t8-,9-,11+/m0/s1. The number of nitrogens with zero attached hydrogens (tertiary/aromatic N) is 1. The molecule has 102 valence electrons. The Morgan fingerprint density at radius 3 is 3.11 bits per heavy atom. The van der Waals surface area contributed by atoms with E-state index in [1.54, 1.807) is 4.90 Å². The molecule has 0 aromatic rings. The Morgan fingerprint density at radius 2 is 2.50 bits per heavy atom. The number of urea groups is 1. The van der Waals surface area contributed by atoms with Crippen molar-refractivity contribution in [2.75, 3.05) is 26.2 Å². The molecular weight excluding hydrogens is 270 g/mol. The Bertz CT molecular complexity index is 374. The van der Waals surface area contributed by atoms with E-state index in [1.165, 1.54) is 0 Å². The molecule has 2 fully saturated rings. The number of nitrogens with one attached hydrogen (secondary N) is 1. The minimum Gasteiger partial charge on any atom is -0.394 e. The van der Waals surface area contributed by atoms with E-state index in [-0.39, 0.29) is 37.8 Å². The highest BCUT2D eigenvalue weighted by Gasteiger charge is 2.44. The molecule has 0 saturated carbocycles. The predicted molar refractivity (Wildman–Crippen MR) is 75.7 cm³/mol. The van der Waals surface area contributed by atoms with Crippen molar-refractivity contribution < 1.29 is 14.6 Å². The monoisotopic (exact) mass is 290 g/mol. The molecule has 2 amide bonds. The third-order valence-electron chi connectivity index (χ3n) is 3.52. The molecule has 0 radical (unpaired) electrons. The highest BCUT2D eigenvalue weighted by Crippen LogP contribution is 2.45. The summed E-state index contributed by atoms with van der Waals surface area (Å²) in [4.78, 5) is 13.3. The smallest absolute Gasteiger partial charge is 0.317 e. The van der Waals surface area contributed by atoms with Gasteiger partial charge >= 0.3 is 6.03 Å². The Balaban J connectivity index is 2.03. The van der Waals surface area contributed by atoms with Crippen LogP contribution in [0, 0.1) is 6.13 Å². The molecule has 2 aliphatic heterocycles. The number of aliphatic hydroxyl groups excluding tert-OH is 1. The summed E-state index contributed by atoms with van der Waals surface area (Å²) in [5.74, 6) is 0. The van der Waals surface area contributed by atoms with Crippen molar-refractivity contribution in [2.24, 2.45) is 0 Å². The lowest BCUT2D eigenvalue weighted by molar-refractivity contribution is -0.000253. The van der Waals surface area contributed by atoms with Crippen LogP contribution in [0.4, 0.5) is 4.79 Å². The maximum absolute atomic E-state index is 11.7. The van der Waals surface area contributed by atoms with Gasteiger partial charge in [0.05, 0.1) is 30.3 Å². The van der Waals surface area contributed by atoms with Crippen LogP contribution >= 0.6 is 17.3 Å². The Labute approximate surface area is 111 Å². The fourth-order valence-electron chi connectivity index (χ4n) is 2.43. The fraction of sp³-hybridized carbons (Fsp3) is 0.818. The number of ether oxygens (including phenoxy) is 1. The van der Waals surface area contributed by atoms with Crippen molar-refractivity contribution in [2.45, 2.75) is 29.9 Å². The summed E-state index contributed by atoms with van der Waals surface area (Å²) in [6.45, 7) is 2.04. The molecule has 7 heteroatoms. The SMILES string of the molecule is C#[PH][C@]1(P)C[C@@H](CO)O[C@H]1CN1CCCNC1=O. The van der Waals surface area contributed by atoms with E-state index in [0.29, 0.717) is 6.54 Å². The number of hydrogen-bond donors (Lipinski definition) is 2. The maximum atomic E-state index is 11.7. The van der Waals surface area contributed by atoms with Crippen molar-refractivity contribution in [3.63, 3.8) is 0 Å². The molecule has 2 rings (SSSR count). The third kappa shape index (κ3) is 2.82. The first kappa shape index (κ1) is 14.1. The lowest BCUT2D eigenvalue weighted by Gasteiger charge is -2.33. The zero-order valence-electron chi connectivity index (χ0n) is 10.3. The summed E-state index contributed by atoms with van der Waals surface area (Å²) >= 11 is 0. The summed E-state index contributed by atoms with van der Waals surface area (Å²) < 4.78 is 5.80. The first-order valence-corrected chi connectivity index (χ1v) is 7.80. The molecule has 0 bridgehead atoms. The van der Waals surface area contributed by atoms with Crippen molar-refractivity contribution in [3.05, 3.63) is 0 Å². The van der Waals surface area contributed by atoms with Crippen molar-refractivity contribution >= 4 is 23.3 Å². The van der Waals surface area contributed by atoms with Gasteiger partial charge in [0.25, 0.3) is 0 Å². The van der Waals surface area contributed by atoms with Gasteiger partial charge in [-0.05, 0) is 12.8 Å². The van der Waals surface area contributed by atoms with Crippen LogP contribution in [-0.2, 0) is 4.74 Å². The maximum Gasteiger partial charge on any atom is 0.317 e. The van der Waals surface area contributed by atoms with Gasteiger partial charge in [0, 0.05) is 13.1 Å². The third-order valence-corrected chi connectivity index (χ3v) is 5.69. The number of rotatable bonds is 3. The van der Waals surface area contributed by atoms with E-state index in [1.807, 2.05) is 0 Å². The summed E-state index contributed by atoms with van der Waals surface area (Å²) in [7, 11) is 2.98. The Hall–Kier alpha value is -0.300. The van der Waals surface area contributed by atoms with Gasteiger partial charge in [0.2, 0.25) is 0 Å². The van der Waals surface area contributed by atoms with Gasteiger partial charge in [-0.2, -0.15) is 0 Å². The van der Waals surface area contributed by atoms with Gasteiger partial charge < -0.3 is 20.1 Å². The molecule has 2 saturated heterocycles. The van der Waals surface area contributed by atoms with Gasteiger partial charge in [-0.25, -0.2) is 4.79 Å². The molecule has 0 aliphatic carbocycles. The lowest BCUT2D eigenvalue weighted by Crippen LogP contribution is -2.51. The van der Waals surface area contributed by atoms with Crippen LogP contribution < -0.4 is 5.32 Å². The molecule has 5 nitrogen and oxygen atoms in total. The average molecular weight is 290 g/mol. The largest absolute Gasteiger partial charge is 0.394 e. The number of hydrogen-bond acceptors (Lipinski definition) is 3. The van der Waals surface area contributed by atoms with Crippen LogP contribution in [0.25, 0.3) is 0 Å². The van der Waals surface area contributed by atoms with Crippen LogP contribution in [0.5, 0.6) is 0 Å². The van der Waals surface area contributed by atoms with Gasteiger partial charge in [-0.3, -0.25) is 0 Å². The zero-order chi connectivity index (χ0) is 13.2. The molecule has 2 unspecified atom stereocenters. The molecule has 2 aliphatic rings. The molecule has 0 spiro atoms. The predicted octanol–water partition coefficient (Wildman–Crippen LogP) is 0.390. The summed E-state index contributed by atoms with van der Waals surface area (Å²) in [5, 5.41) is 12.0. The topological polar surface area (TPSA) is 61.8 Å². The van der Waals surface area contributed by atoms with Crippen LogP contribution in [0.15, 0.2) is 0 Å². The lowest BCUT2D eigenvalue weighted by atomic mass is 10.1. The van der Waals surface area contributed by atoms with Gasteiger partial charge in [0.1, 0.15) is 0 Å². The van der Waals surface area contributed by atoms with E-state index in [2.05, 4.69) is 14.6 Å². The minimum atomic E-state index is -0.217. The van der Waals surface area contributed by atoms with Crippen molar-refractivity contribution in [3.8, 4) is 6.13 Å². The highest BCUT2D eigenvalue weighted by molar-refractivity contribution is 7.44. The van der Waals surface area contributed by atoms with Crippen molar-refractivity contribution in [1.29, 1.82) is 0 Å². The molecule has 5 atom stereocenters. The molecular formula is C11H20N2O3P2. The normalized spacial score (nSPS) is 36.9. The van der Waals surface area contributed by atoms with Gasteiger partial charge in [-0.15, -0.1) is 23.4 Å². The van der Waals surface area contributed by atoms with Crippen molar-refractivity contribution in [1.82, 2.24) is 10.2 Å². The summed E-state index contributed by atoms with van der Waals surface area (Å²) in [5.41, 5.74) is 0. The second-order valence-electron chi connectivity index (χ2n) is 4.85. The second kappa shape index (κ2) is 5.77. The van der Waals surface area contributed by atoms with E-state index in [0.717, 1.165) is 25.9 Å².